The van der Waals surface area contributed by atoms with Crippen LogP contribution in [-0.4, -0.2) is 23.6 Å². The number of hydrogen-bond acceptors (Lipinski definition) is 4. The predicted octanol–water partition coefficient (Wildman–Crippen LogP) is -0.329. The van der Waals surface area contributed by atoms with Gasteiger partial charge in [-0.15, -0.1) is 0 Å². The van der Waals surface area contributed by atoms with Crippen LogP contribution in [0.15, 0.2) is 0 Å². The molecule has 0 fully saturated rings. The smallest absolute Gasteiger partial charge is 0.220 e. The fraction of sp³-hybridized carbons (Fsp3) is 0.733. The van der Waals surface area contributed by atoms with Crippen molar-refractivity contribution in [2.75, 3.05) is 0 Å². The van der Waals surface area contributed by atoms with Gasteiger partial charge < -0.3 is 22.9 Å². The molecule has 4 amide bonds. The number of primary amides is 4. The van der Waals surface area contributed by atoms with E-state index in [0.717, 1.165) is 0 Å². The Morgan fingerprint density at radius 2 is 0.870 bits per heavy atom. The quantitative estimate of drug-likeness (QED) is 0.342. The first-order valence-corrected chi connectivity index (χ1v) is 7.89. The Morgan fingerprint density at radius 3 is 1.13 bits per heavy atom. The lowest BCUT2D eigenvalue weighted by Gasteiger charge is -2.16. The topological polar surface area (TPSA) is 172 Å². The van der Waals surface area contributed by atoms with Gasteiger partial charge >= 0.3 is 0 Å². The highest BCUT2D eigenvalue weighted by Crippen LogP contribution is 2.21. The van der Waals surface area contributed by atoms with Gasteiger partial charge in [0, 0.05) is 24.7 Å². The summed E-state index contributed by atoms with van der Waals surface area (Å²) in [4.78, 5) is 44.2. The van der Waals surface area contributed by atoms with Crippen molar-refractivity contribution in [3.63, 3.8) is 0 Å². The Bertz CT molecular complexity index is 388. The first-order chi connectivity index (χ1) is 10.7. The fourth-order valence-corrected chi connectivity index (χ4v) is 2.51. The Morgan fingerprint density at radius 1 is 0.565 bits per heavy atom. The normalized spacial score (nSPS) is 13.2. The van der Waals surface area contributed by atoms with Crippen molar-refractivity contribution in [1.82, 2.24) is 0 Å². The van der Waals surface area contributed by atoms with Gasteiger partial charge in [-0.3, -0.25) is 19.2 Å². The SMILES string of the molecule is NC(=O)CCCC(CCCC(CCCC(N)=O)C(N)=O)C(N)=O. The summed E-state index contributed by atoms with van der Waals surface area (Å²) < 4.78 is 0. The number of carbonyl (C=O) groups excluding carboxylic acids is 4. The Labute approximate surface area is 136 Å². The number of amides is 4. The molecule has 23 heavy (non-hydrogen) atoms. The summed E-state index contributed by atoms with van der Waals surface area (Å²) in [6.45, 7) is 0. The van der Waals surface area contributed by atoms with Gasteiger partial charge in [0.2, 0.25) is 23.6 Å². The van der Waals surface area contributed by atoms with Crippen molar-refractivity contribution < 1.29 is 19.2 Å². The fourth-order valence-electron chi connectivity index (χ4n) is 2.51. The minimum atomic E-state index is -0.418. The van der Waals surface area contributed by atoms with Crippen molar-refractivity contribution in [3.8, 4) is 0 Å². The lowest BCUT2D eigenvalue weighted by molar-refractivity contribution is -0.123. The van der Waals surface area contributed by atoms with Crippen LogP contribution >= 0.6 is 0 Å². The monoisotopic (exact) mass is 328 g/mol. The number of carbonyl (C=O) groups is 4. The van der Waals surface area contributed by atoms with Gasteiger partial charge in [0.1, 0.15) is 0 Å². The molecule has 0 aromatic rings. The maximum atomic E-state index is 11.4. The molecule has 0 spiro atoms. The summed E-state index contributed by atoms with van der Waals surface area (Å²) in [6, 6.07) is 0. The van der Waals surface area contributed by atoms with E-state index in [1.807, 2.05) is 0 Å². The van der Waals surface area contributed by atoms with Gasteiger partial charge in [-0.05, 0) is 38.5 Å². The molecular weight excluding hydrogens is 300 g/mol. The van der Waals surface area contributed by atoms with E-state index in [-0.39, 0.29) is 24.7 Å². The highest BCUT2D eigenvalue weighted by atomic mass is 16.2. The van der Waals surface area contributed by atoms with E-state index in [9.17, 15) is 19.2 Å². The number of nitrogens with two attached hydrogens (primary N) is 4. The summed E-state index contributed by atoms with van der Waals surface area (Å²) in [5.74, 6) is -2.33. The molecule has 0 aliphatic carbocycles. The molecule has 8 nitrogen and oxygen atoms in total. The van der Waals surface area contributed by atoms with Crippen LogP contribution in [-0.2, 0) is 19.2 Å². The molecule has 0 saturated heterocycles. The zero-order valence-electron chi connectivity index (χ0n) is 13.5. The van der Waals surface area contributed by atoms with Gasteiger partial charge in [0.05, 0.1) is 0 Å². The second kappa shape index (κ2) is 11.4. The van der Waals surface area contributed by atoms with Gasteiger partial charge in [-0.2, -0.15) is 0 Å². The molecule has 0 radical (unpaired) electrons. The van der Waals surface area contributed by atoms with Crippen molar-refractivity contribution in [2.45, 2.75) is 57.8 Å². The van der Waals surface area contributed by atoms with Crippen LogP contribution in [0, 0.1) is 11.8 Å². The molecule has 132 valence electrons. The molecule has 2 atom stereocenters. The maximum Gasteiger partial charge on any atom is 0.220 e. The van der Waals surface area contributed by atoms with Crippen molar-refractivity contribution >= 4 is 23.6 Å². The molecule has 0 rings (SSSR count). The first kappa shape index (κ1) is 20.9. The third-order valence-corrected chi connectivity index (χ3v) is 3.86. The molecule has 8 N–H and O–H groups in total. The van der Waals surface area contributed by atoms with Crippen LogP contribution in [0.25, 0.3) is 0 Å². The predicted molar refractivity (Wildman–Crippen MR) is 85.3 cm³/mol. The summed E-state index contributed by atoms with van der Waals surface area (Å²) in [5.41, 5.74) is 20.8. The third-order valence-electron chi connectivity index (χ3n) is 3.86. The van der Waals surface area contributed by atoms with Gasteiger partial charge in [0.25, 0.3) is 0 Å². The van der Waals surface area contributed by atoms with E-state index in [0.29, 0.717) is 44.9 Å². The van der Waals surface area contributed by atoms with E-state index in [1.165, 1.54) is 0 Å². The molecule has 2 unspecified atom stereocenters. The minimum Gasteiger partial charge on any atom is -0.370 e. The molecular formula is C15H28N4O4. The molecule has 0 aliphatic heterocycles. The summed E-state index contributed by atoms with van der Waals surface area (Å²) in [6.07, 6.45) is 4.17. The van der Waals surface area contributed by atoms with Crippen molar-refractivity contribution in [1.29, 1.82) is 0 Å². The highest BCUT2D eigenvalue weighted by molar-refractivity contribution is 5.77. The van der Waals surface area contributed by atoms with Crippen LogP contribution in [0.3, 0.4) is 0 Å². The summed E-state index contributed by atoms with van der Waals surface area (Å²) >= 11 is 0. The average molecular weight is 328 g/mol. The molecule has 0 aliphatic rings. The Hall–Kier alpha value is -2.12. The van der Waals surface area contributed by atoms with Crippen LogP contribution in [0.2, 0.25) is 0 Å². The third kappa shape index (κ3) is 11.1. The highest BCUT2D eigenvalue weighted by Gasteiger charge is 2.19. The van der Waals surface area contributed by atoms with Crippen molar-refractivity contribution in [3.05, 3.63) is 0 Å². The number of hydrogen-bond donors (Lipinski definition) is 4. The van der Waals surface area contributed by atoms with Crippen LogP contribution in [0.5, 0.6) is 0 Å². The minimum absolute atomic E-state index is 0.223. The Kier molecular flexibility index (Phi) is 10.4. The second-order valence-electron chi connectivity index (χ2n) is 5.85. The zero-order valence-corrected chi connectivity index (χ0v) is 13.5. The van der Waals surface area contributed by atoms with Crippen LogP contribution < -0.4 is 22.9 Å². The molecule has 0 aromatic carbocycles. The molecule has 0 saturated carbocycles. The standard InChI is InChI=1S/C15H28N4O4/c16-12(20)8-2-6-10(14(18)22)4-1-5-11(15(19)23)7-3-9-13(17)21/h10-11H,1-9H2,(H2,16,20)(H2,17,21)(H2,18,22)(H2,19,23). The van der Waals surface area contributed by atoms with Gasteiger partial charge in [-0.25, -0.2) is 0 Å². The lowest BCUT2D eigenvalue weighted by atomic mass is 9.90. The van der Waals surface area contributed by atoms with Gasteiger partial charge in [0.15, 0.2) is 0 Å². The second-order valence-corrected chi connectivity index (χ2v) is 5.85. The lowest BCUT2D eigenvalue weighted by Crippen LogP contribution is -2.26. The van der Waals surface area contributed by atoms with E-state index in [1.54, 1.807) is 0 Å². The Balaban J connectivity index is 4.19. The van der Waals surface area contributed by atoms with Crippen LogP contribution in [0.4, 0.5) is 0 Å². The van der Waals surface area contributed by atoms with E-state index in [4.69, 9.17) is 22.9 Å². The largest absolute Gasteiger partial charge is 0.370 e. The van der Waals surface area contributed by atoms with E-state index >= 15 is 0 Å². The van der Waals surface area contributed by atoms with E-state index in [2.05, 4.69) is 0 Å². The van der Waals surface area contributed by atoms with E-state index < -0.39 is 23.6 Å². The number of rotatable bonds is 14. The summed E-state index contributed by atoms with van der Waals surface area (Å²) in [5, 5.41) is 0. The van der Waals surface area contributed by atoms with Crippen LogP contribution in [0.1, 0.15) is 57.8 Å². The van der Waals surface area contributed by atoms with Gasteiger partial charge in [-0.1, -0.05) is 6.42 Å². The molecule has 0 heterocycles. The molecule has 8 heteroatoms. The molecule has 0 bridgehead atoms. The first-order valence-electron chi connectivity index (χ1n) is 7.89. The average Bonchev–Trinajstić information content (AvgIpc) is 2.42. The maximum absolute atomic E-state index is 11.4. The zero-order chi connectivity index (χ0) is 17.8. The molecule has 0 aromatic heterocycles. The summed E-state index contributed by atoms with van der Waals surface area (Å²) in [7, 11) is 0. The van der Waals surface area contributed by atoms with Crippen molar-refractivity contribution in [2.24, 2.45) is 34.8 Å².